The number of hydrogen-bond donors (Lipinski definition) is 0. The molecule has 0 aliphatic rings. The molecule has 0 radical (unpaired) electrons. The van der Waals surface area contributed by atoms with Gasteiger partial charge in [0.15, 0.2) is 0 Å². The predicted molar refractivity (Wildman–Crippen MR) is 110 cm³/mol. The second kappa shape index (κ2) is 8.66. The molecule has 0 N–H and O–H groups in total. The quantitative estimate of drug-likeness (QED) is 0.346. The van der Waals surface area contributed by atoms with Crippen molar-refractivity contribution in [3.8, 4) is 11.8 Å². The van der Waals surface area contributed by atoms with Gasteiger partial charge in [-0.2, -0.15) is 5.26 Å². The zero-order valence-corrected chi connectivity index (χ0v) is 16.3. The summed E-state index contributed by atoms with van der Waals surface area (Å²) in [6.07, 6.45) is 1.71. The molecule has 0 aromatic heterocycles. The second-order valence-corrected chi connectivity index (χ2v) is 7.05. The standard InChI is InChI=1S/C23H17BrFNO/c1-16-5-7-17(8-6-16)15-27-23-10-9-21(24)12-19(23)11-20(14-26)18-3-2-4-22(25)13-18/h2-13H,15H2,1H3/b20-11-. The van der Waals surface area contributed by atoms with Crippen LogP contribution in [-0.4, -0.2) is 0 Å². The molecule has 3 aromatic carbocycles. The van der Waals surface area contributed by atoms with Gasteiger partial charge in [-0.1, -0.05) is 57.9 Å². The molecule has 0 aliphatic carbocycles. The third-order valence-electron chi connectivity index (χ3n) is 4.04. The number of ether oxygens (including phenoxy) is 1. The third kappa shape index (κ3) is 5.06. The first-order chi connectivity index (χ1) is 13.0. The second-order valence-electron chi connectivity index (χ2n) is 6.14. The molecule has 134 valence electrons. The van der Waals surface area contributed by atoms with Gasteiger partial charge >= 0.3 is 0 Å². The number of benzene rings is 3. The van der Waals surface area contributed by atoms with Gasteiger partial charge < -0.3 is 4.74 Å². The number of aryl methyl sites for hydroxylation is 1. The summed E-state index contributed by atoms with van der Waals surface area (Å²) in [7, 11) is 0. The van der Waals surface area contributed by atoms with Crippen LogP contribution < -0.4 is 4.74 Å². The largest absolute Gasteiger partial charge is 0.488 e. The first-order valence-corrected chi connectivity index (χ1v) is 9.20. The van der Waals surface area contributed by atoms with Crippen molar-refractivity contribution in [3.05, 3.63) is 99.3 Å². The van der Waals surface area contributed by atoms with Crippen molar-refractivity contribution in [2.24, 2.45) is 0 Å². The Balaban J connectivity index is 1.91. The highest BCUT2D eigenvalue weighted by atomic mass is 79.9. The van der Waals surface area contributed by atoms with Crippen molar-refractivity contribution < 1.29 is 9.13 Å². The number of hydrogen-bond acceptors (Lipinski definition) is 2. The number of allylic oxidation sites excluding steroid dienone is 1. The van der Waals surface area contributed by atoms with Crippen molar-refractivity contribution in [2.75, 3.05) is 0 Å². The highest BCUT2D eigenvalue weighted by molar-refractivity contribution is 9.10. The molecule has 3 rings (SSSR count). The van der Waals surface area contributed by atoms with Crippen molar-refractivity contribution >= 4 is 27.6 Å². The molecule has 2 nitrogen and oxygen atoms in total. The first-order valence-electron chi connectivity index (χ1n) is 8.41. The minimum absolute atomic E-state index is 0.368. The molecule has 0 saturated heterocycles. The smallest absolute Gasteiger partial charge is 0.127 e. The van der Waals surface area contributed by atoms with Gasteiger partial charge in [-0.05, 0) is 54.5 Å². The van der Waals surface area contributed by atoms with E-state index in [9.17, 15) is 9.65 Å². The summed E-state index contributed by atoms with van der Waals surface area (Å²) in [5, 5.41) is 9.53. The fraction of sp³-hybridized carbons (Fsp3) is 0.0870. The highest BCUT2D eigenvalue weighted by Gasteiger charge is 2.08. The van der Waals surface area contributed by atoms with E-state index in [1.807, 2.05) is 49.4 Å². The van der Waals surface area contributed by atoms with Crippen LogP contribution in [-0.2, 0) is 6.61 Å². The summed E-state index contributed by atoms with van der Waals surface area (Å²) in [4.78, 5) is 0. The normalized spacial score (nSPS) is 11.1. The van der Waals surface area contributed by atoms with Crippen LogP contribution in [0, 0.1) is 24.1 Å². The van der Waals surface area contributed by atoms with Crippen LogP contribution in [0.2, 0.25) is 0 Å². The maximum Gasteiger partial charge on any atom is 0.127 e. The Kier molecular flexibility index (Phi) is 6.05. The molecule has 0 atom stereocenters. The van der Waals surface area contributed by atoms with E-state index in [1.54, 1.807) is 18.2 Å². The molecular weight excluding hydrogens is 405 g/mol. The zero-order valence-electron chi connectivity index (χ0n) is 14.7. The molecular formula is C23H17BrFNO. The summed E-state index contributed by atoms with van der Waals surface area (Å²) < 4.78 is 20.4. The Hall–Kier alpha value is -2.90. The van der Waals surface area contributed by atoms with Crippen LogP contribution in [0.4, 0.5) is 4.39 Å². The Morgan fingerprint density at radius 2 is 1.89 bits per heavy atom. The monoisotopic (exact) mass is 421 g/mol. The fourth-order valence-electron chi connectivity index (χ4n) is 2.60. The lowest BCUT2D eigenvalue weighted by Crippen LogP contribution is -1.97. The van der Waals surface area contributed by atoms with Crippen LogP contribution >= 0.6 is 15.9 Å². The lowest BCUT2D eigenvalue weighted by Gasteiger charge is -2.11. The molecule has 0 heterocycles. The van der Waals surface area contributed by atoms with E-state index in [0.717, 1.165) is 15.6 Å². The van der Waals surface area contributed by atoms with Crippen LogP contribution in [0.25, 0.3) is 11.6 Å². The van der Waals surface area contributed by atoms with E-state index in [1.165, 1.54) is 17.7 Å². The number of halogens is 2. The maximum absolute atomic E-state index is 13.5. The number of nitrogens with zero attached hydrogens (tertiary/aromatic N) is 1. The Morgan fingerprint density at radius 1 is 1.11 bits per heavy atom. The van der Waals surface area contributed by atoms with Gasteiger partial charge in [0.25, 0.3) is 0 Å². The summed E-state index contributed by atoms with van der Waals surface area (Å²) in [6, 6.07) is 21.9. The molecule has 0 amide bonds. The van der Waals surface area contributed by atoms with Crippen LogP contribution in [0.5, 0.6) is 5.75 Å². The van der Waals surface area contributed by atoms with Gasteiger partial charge in [0.2, 0.25) is 0 Å². The lowest BCUT2D eigenvalue weighted by molar-refractivity contribution is 0.305. The number of rotatable bonds is 5. The molecule has 0 saturated carbocycles. The molecule has 0 bridgehead atoms. The van der Waals surface area contributed by atoms with E-state index in [2.05, 4.69) is 22.0 Å². The average molecular weight is 422 g/mol. The van der Waals surface area contributed by atoms with Crippen molar-refractivity contribution in [2.45, 2.75) is 13.5 Å². The lowest BCUT2D eigenvalue weighted by atomic mass is 10.0. The summed E-state index contributed by atoms with van der Waals surface area (Å²) >= 11 is 3.45. The van der Waals surface area contributed by atoms with E-state index >= 15 is 0 Å². The minimum atomic E-state index is -0.376. The summed E-state index contributed by atoms with van der Waals surface area (Å²) in [5.41, 5.74) is 3.90. The SMILES string of the molecule is Cc1ccc(COc2ccc(Br)cc2/C=C(/C#N)c2cccc(F)c2)cc1. The predicted octanol–water partition coefficient (Wildman–Crippen LogP) is 6.54. The van der Waals surface area contributed by atoms with Crippen LogP contribution in [0.3, 0.4) is 0 Å². The summed E-state index contributed by atoms with van der Waals surface area (Å²) in [6.45, 7) is 2.46. The molecule has 27 heavy (non-hydrogen) atoms. The topological polar surface area (TPSA) is 33.0 Å². The fourth-order valence-corrected chi connectivity index (χ4v) is 2.98. The first kappa shape index (κ1) is 18.9. The maximum atomic E-state index is 13.5. The third-order valence-corrected chi connectivity index (χ3v) is 4.54. The molecule has 4 heteroatoms. The molecule has 0 fully saturated rings. The summed E-state index contributed by atoms with van der Waals surface area (Å²) in [5.74, 6) is 0.279. The Morgan fingerprint density at radius 3 is 2.59 bits per heavy atom. The van der Waals surface area contributed by atoms with E-state index < -0.39 is 0 Å². The van der Waals surface area contributed by atoms with E-state index in [0.29, 0.717) is 23.5 Å². The molecule has 0 spiro atoms. The highest BCUT2D eigenvalue weighted by Crippen LogP contribution is 2.28. The van der Waals surface area contributed by atoms with Crippen molar-refractivity contribution in [3.63, 3.8) is 0 Å². The Labute approximate surface area is 166 Å². The minimum Gasteiger partial charge on any atom is -0.488 e. The van der Waals surface area contributed by atoms with E-state index in [-0.39, 0.29) is 5.82 Å². The van der Waals surface area contributed by atoms with Crippen LogP contribution in [0.1, 0.15) is 22.3 Å². The molecule has 0 unspecified atom stereocenters. The molecule has 0 aliphatic heterocycles. The van der Waals surface area contributed by atoms with Crippen molar-refractivity contribution in [1.29, 1.82) is 5.26 Å². The van der Waals surface area contributed by atoms with Gasteiger partial charge in [0.1, 0.15) is 18.2 Å². The Bertz CT molecular complexity index is 1020. The average Bonchev–Trinajstić information content (AvgIpc) is 2.66. The number of nitriles is 1. The van der Waals surface area contributed by atoms with Gasteiger partial charge in [-0.3, -0.25) is 0 Å². The van der Waals surface area contributed by atoms with E-state index in [4.69, 9.17) is 4.74 Å². The van der Waals surface area contributed by atoms with Crippen molar-refractivity contribution in [1.82, 2.24) is 0 Å². The molecule has 3 aromatic rings. The van der Waals surface area contributed by atoms with Crippen LogP contribution in [0.15, 0.2) is 71.2 Å². The van der Waals surface area contributed by atoms with Gasteiger partial charge in [-0.25, -0.2) is 4.39 Å². The van der Waals surface area contributed by atoms with Gasteiger partial charge in [0, 0.05) is 10.0 Å². The zero-order chi connectivity index (χ0) is 19.2. The van der Waals surface area contributed by atoms with Gasteiger partial charge in [0.05, 0.1) is 11.6 Å². The van der Waals surface area contributed by atoms with Gasteiger partial charge in [-0.15, -0.1) is 0 Å².